The minimum atomic E-state index is -0.311. The molecule has 0 aromatic heterocycles. The number of hydrogen-bond acceptors (Lipinski definition) is 5. The zero-order chi connectivity index (χ0) is 13.4. The maximum Gasteiger partial charge on any atom is 0.265 e. The third kappa shape index (κ3) is 4.95. The highest BCUT2D eigenvalue weighted by atomic mass is 32.2. The number of rotatable bonds is 7. The fourth-order valence-corrected chi connectivity index (χ4v) is 1.98. The van der Waals surface area contributed by atoms with Crippen molar-refractivity contribution in [3.8, 4) is 5.75 Å². The fraction of sp³-hybridized carbons (Fsp3) is 0.417. The molecule has 0 saturated heterocycles. The Balaban J connectivity index is 2.33. The van der Waals surface area contributed by atoms with Gasteiger partial charge in [-0.1, -0.05) is 6.92 Å². The summed E-state index contributed by atoms with van der Waals surface area (Å²) in [6.45, 7) is 3.38. The molecule has 5 nitrogen and oxygen atoms in total. The quantitative estimate of drug-likeness (QED) is 0.294. The first kappa shape index (κ1) is 14.8. The second-order valence-corrected chi connectivity index (χ2v) is 5.31. The van der Waals surface area contributed by atoms with E-state index >= 15 is 0 Å². The first-order valence-electron chi connectivity index (χ1n) is 5.73. The molecule has 1 unspecified atom stereocenters. The zero-order valence-corrected chi connectivity index (χ0v) is 11.2. The molecule has 0 aliphatic heterocycles. The molecule has 0 spiro atoms. The van der Waals surface area contributed by atoms with Gasteiger partial charge in [-0.25, -0.2) is 5.84 Å². The molecule has 1 rings (SSSR count). The maximum absolute atomic E-state index is 11.2. The Morgan fingerprint density at radius 1 is 1.44 bits per heavy atom. The van der Waals surface area contributed by atoms with E-state index < -0.39 is 0 Å². The fourth-order valence-electron chi connectivity index (χ4n) is 1.26. The molecular weight excluding hydrogens is 250 g/mol. The molecule has 100 valence electrons. The smallest absolute Gasteiger partial charge is 0.265 e. The third-order valence-corrected chi connectivity index (χ3v) is 3.50. The minimum Gasteiger partial charge on any atom is -0.493 e. The Morgan fingerprint density at radius 2 is 2.11 bits per heavy atom. The van der Waals surface area contributed by atoms with Gasteiger partial charge in [0.1, 0.15) is 5.75 Å². The number of nitrogen functional groups attached to an aromatic ring is 1. The van der Waals surface area contributed by atoms with Crippen LogP contribution in [0, 0.1) is 0 Å². The van der Waals surface area contributed by atoms with Crippen LogP contribution < -0.4 is 21.7 Å². The van der Waals surface area contributed by atoms with E-state index in [1.54, 1.807) is 36.0 Å². The van der Waals surface area contributed by atoms with Gasteiger partial charge in [-0.15, -0.1) is 0 Å². The highest BCUT2D eigenvalue weighted by Gasteiger charge is 2.03. The van der Waals surface area contributed by atoms with Crippen LogP contribution in [0.15, 0.2) is 24.3 Å². The van der Waals surface area contributed by atoms with E-state index in [0.29, 0.717) is 24.0 Å². The number of carbonyl (C=O) groups is 1. The van der Waals surface area contributed by atoms with E-state index in [1.807, 2.05) is 0 Å². The Labute approximate surface area is 111 Å². The Morgan fingerprint density at radius 3 is 2.67 bits per heavy atom. The average molecular weight is 269 g/mol. The summed E-state index contributed by atoms with van der Waals surface area (Å²) in [5.41, 5.74) is 8.10. The van der Waals surface area contributed by atoms with Crippen molar-refractivity contribution in [2.75, 3.05) is 18.9 Å². The zero-order valence-electron chi connectivity index (χ0n) is 10.4. The van der Waals surface area contributed by atoms with Crippen LogP contribution in [0.4, 0.5) is 0 Å². The van der Waals surface area contributed by atoms with Crippen LogP contribution in [0.25, 0.3) is 0 Å². The van der Waals surface area contributed by atoms with Crippen LogP contribution in [-0.4, -0.2) is 30.1 Å². The van der Waals surface area contributed by atoms with Gasteiger partial charge in [-0.2, -0.15) is 11.8 Å². The summed E-state index contributed by atoms with van der Waals surface area (Å²) in [6, 6.07) is 6.85. The first-order valence-corrected chi connectivity index (χ1v) is 6.77. The molecular formula is C12H19N3O2S. The molecule has 1 amide bonds. The number of ether oxygens (including phenoxy) is 1. The number of hydrogen-bond donors (Lipinski definition) is 3. The lowest BCUT2D eigenvalue weighted by molar-refractivity contribution is 0.0953. The van der Waals surface area contributed by atoms with Gasteiger partial charge in [-0.05, 0) is 24.3 Å². The summed E-state index contributed by atoms with van der Waals surface area (Å²) in [5, 5.41) is 0.448. The summed E-state index contributed by atoms with van der Waals surface area (Å²) in [5.74, 6) is 6.36. The molecule has 0 aliphatic rings. The topological polar surface area (TPSA) is 90.4 Å². The van der Waals surface area contributed by atoms with Crippen LogP contribution in [0.5, 0.6) is 5.75 Å². The van der Waals surface area contributed by atoms with Crippen LogP contribution in [0.3, 0.4) is 0 Å². The van der Waals surface area contributed by atoms with Crippen molar-refractivity contribution in [1.29, 1.82) is 0 Å². The average Bonchev–Trinajstić information content (AvgIpc) is 2.43. The highest BCUT2D eigenvalue weighted by Crippen LogP contribution is 2.14. The number of hydrazine groups is 1. The highest BCUT2D eigenvalue weighted by molar-refractivity contribution is 7.99. The maximum atomic E-state index is 11.2. The van der Waals surface area contributed by atoms with Crippen LogP contribution >= 0.6 is 11.8 Å². The molecule has 1 aromatic carbocycles. The van der Waals surface area contributed by atoms with E-state index in [1.165, 1.54) is 0 Å². The number of nitrogens with two attached hydrogens (primary N) is 2. The van der Waals surface area contributed by atoms with Gasteiger partial charge >= 0.3 is 0 Å². The summed E-state index contributed by atoms with van der Waals surface area (Å²) in [7, 11) is 0. The molecule has 0 radical (unpaired) electrons. The lowest BCUT2D eigenvalue weighted by Gasteiger charge is -2.09. The van der Waals surface area contributed by atoms with Crippen molar-refractivity contribution in [1.82, 2.24) is 5.43 Å². The monoisotopic (exact) mass is 269 g/mol. The molecule has 1 aromatic rings. The lowest BCUT2D eigenvalue weighted by atomic mass is 10.2. The van der Waals surface area contributed by atoms with Gasteiger partial charge in [0, 0.05) is 23.1 Å². The van der Waals surface area contributed by atoms with Gasteiger partial charge in [0.2, 0.25) is 0 Å². The minimum absolute atomic E-state index is 0.311. The van der Waals surface area contributed by atoms with Crippen LogP contribution in [0.1, 0.15) is 17.3 Å². The molecule has 6 heteroatoms. The van der Waals surface area contributed by atoms with Gasteiger partial charge in [-0.3, -0.25) is 10.2 Å². The SMILES string of the molecule is CC(CN)SCCOc1ccc(C(=O)NN)cc1. The molecule has 5 N–H and O–H groups in total. The van der Waals surface area contributed by atoms with E-state index in [4.69, 9.17) is 16.3 Å². The number of thioether (sulfide) groups is 1. The van der Waals surface area contributed by atoms with Crippen molar-refractivity contribution in [3.63, 3.8) is 0 Å². The summed E-state index contributed by atoms with van der Waals surface area (Å²) >= 11 is 1.78. The number of amides is 1. The Bertz CT molecular complexity index is 370. The Hall–Kier alpha value is -1.24. The summed E-state index contributed by atoms with van der Waals surface area (Å²) in [6.07, 6.45) is 0. The van der Waals surface area contributed by atoms with E-state index in [2.05, 4.69) is 12.3 Å². The lowest BCUT2D eigenvalue weighted by Crippen LogP contribution is -2.29. The molecule has 0 saturated carbocycles. The number of benzene rings is 1. The molecule has 0 heterocycles. The molecule has 0 fully saturated rings. The Kier molecular flexibility index (Phi) is 6.56. The molecule has 1 atom stereocenters. The van der Waals surface area contributed by atoms with Crippen molar-refractivity contribution in [2.24, 2.45) is 11.6 Å². The normalized spacial score (nSPS) is 11.9. The van der Waals surface area contributed by atoms with Crippen molar-refractivity contribution >= 4 is 17.7 Å². The van der Waals surface area contributed by atoms with E-state index in [9.17, 15) is 4.79 Å². The molecule has 18 heavy (non-hydrogen) atoms. The largest absolute Gasteiger partial charge is 0.493 e. The predicted molar refractivity (Wildman–Crippen MR) is 74.6 cm³/mol. The van der Waals surface area contributed by atoms with Crippen LogP contribution in [-0.2, 0) is 0 Å². The van der Waals surface area contributed by atoms with Crippen LogP contribution in [0.2, 0.25) is 0 Å². The van der Waals surface area contributed by atoms with E-state index in [0.717, 1.165) is 11.5 Å². The van der Waals surface area contributed by atoms with E-state index in [-0.39, 0.29) is 5.91 Å². The van der Waals surface area contributed by atoms with Gasteiger partial charge in [0.15, 0.2) is 0 Å². The standard InChI is InChI=1S/C12H19N3O2S/c1-9(8-13)18-7-6-17-11-4-2-10(3-5-11)12(16)15-14/h2-5,9H,6-8,13-14H2,1H3,(H,15,16). The molecule has 0 bridgehead atoms. The van der Waals surface area contributed by atoms with Gasteiger partial charge < -0.3 is 10.5 Å². The van der Waals surface area contributed by atoms with Crippen molar-refractivity contribution in [2.45, 2.75) is 12.2 Å². The van der Waals surface area contributed by atoms with Gasteiger partial charge in [0.25, 0.3) is 5.91 Å². The molecule has 0 aliphatic carbocycles. The number of nitrogens with one attached hydrogen (secondary N) is 1. The predicted octanol–water partition coefficient (Wildman–Crippen LogP) is 0.749. The second kappa shape index (κ2) is 7.97. The summed E-state index contributed by atoms with van der Waals surface area (Å²) < 4.78 is 5.54. The summed E-state index contributed by atoms with van der Waals surface area (Å²) in [4.78, 5) is 11.2. The van der Waals surface area contributed by atoms with Crippen molar-refractivity contribution < 1.29 is 9.53 Å². The first-order chi connectivity index (χ1) is 8.67. The number of carbonyl (C=O) groups excluding carboxylic acids is 1. The third-order valence-electron chi connectivity index (χ3n) is 2.33. The van der Waals surface area contributed by atoms with Crippen molar-refractivity contribution in [3.05, 3.63) is 29.8 Å². The van der Waals surface area contributed by atoms with Gasteiger partial charge in [0.05, 0.1) is 6.61 Å². The second-order valence-electron chi connectivity index (χ2n) is 3.76.